The van der Waals surface area contributed by atoms with Crippen LogP contribution in [0.15, 0.2) is 18.2 Å². The van der Waals surface area contributed by atoms with Gasteiger partial charge in [0.05, 0.1) is 6.04 Å². The van der Waals surface area contributed by atoms with Crippen molar-refractivity contribution in [1.29, 1.82) is 0 Å². The number of ether oxygens (including phenoxy) is 1. The van der Waals surface area contributed by atoms with E-state index in [0.717, 1.165) is 6.42 Å². The molecule has 126 valence electrons. The molecule has 23 heavy (non-hydrogen) atoms. The van der Waals surface area contributed by atoms with Gasteiger partial charge >= 0.3 is 0 Å². The first-order valence-electron chi connectivity index (χ1n) is 7.51. The van der Waals surface area contributed by atoms with Gasteiger partial charge in [-0.2, -0.15) is 0 Å². The molecule has 0 aromatic heterocycles. The Morgan fingerprint density at radius 2 is 2.26 bits per heavy atom. The fourth-order valence-corrected chi connectivity index (χ4v) is 2.93. The van der Waals surface area contributed by atoms with E-state index in [0.29, 0.717) is 18.6 Å². The maximum absolute atomic E-state index is 13.2. The van der Waals surface area contributed by atoms with Crippen molar-refractivity contribution in [1.82, 2.24) is 10.2 Å². The molecule has 0 spiro atoms. The zero-order valence-electron chi connectivity index (χ0n) is 13.1. The third-order valence-corrected chi connectivity index (χ3v) is 4.29. The molecule has 2 amide bonds. The second-order valence-corrected chi connectivity index (χ2v) is 5.89. The Labute approximate surface area is 139 Å². The van der Waals surface area contributed by atoms with E-state index in [4.69, 9.17) is 16.3 Å². The summed E-state index contributed by atoms with van der Waals surface area (Å²) in [6.45, 7) is 2.19. The van der Waals surface area contributed by atoms with Crippen LogP contribution in [0.25, 0.3) is 0 Å². The highest BCUT2D eigenvalue weighted by Crippen LogP contribution is 2.29. The van der Waals surface area contributed by atoms with Crippen LogP contribution in [-0.2, 0) is 14.3 Å². The van der Waals surface area contributed by atoms with Crippen molar-refractivity contribution in [2.45, 2.75) is 31.9 Å². The molecule has 0 radical (unpaired) electrons. The minimum Gasteiger partial charge on any atom is -0.368 e. The van der Waals surface area contributed by atoms with Gasteiger partial charge in [0.25, 0.3) is 5.91 Å². The average Bonchev–Trinajstić information content (AvgIpc) is 3.05. The summed E-state index contributed by atoms with van der Waals surface area (Å²) in [7, 11) is 1.51. The molecule has 2 rings (SSSR count). The van der Waals surface area contributed by atoms with E-state index in [-0.39, 0.29) is 23.4 Å². The fourth-order valence-electron chi connectivity index (χ4n) is 2.61. The van der Waals surface area contributed by atoms with Crippen LogP contribution in [0.2, 0.25) is 5.02 Å². The first kappa shape index (κ1) is 17.7. The van der Waals surface area contributed by atoms with Crippen molar-refractivity contribution in [2.75, 3.05) is 20.2 Å². The number of nitrogens with zero attached hydrogens (tertiary/aromatic N) is 1. The van der Waals surface area contributed by atoms with Gasteiger partial charge in [-0.3, -0.25) is 9.59 Å². The molecule has 2 unspecified atom stereocenters. The molecule has 0 bridgehead atoms. The van der Waals surface area contributed by atoms with Crippen molar-refractivity contribution in [3.8, 4) is 0 Å². The summed E-state index contributed by atoms with van der Waals surface area (Å²) >= 11 is 6.09. The van der Waals surface area contributed by atoms with Crippen LogP contribution in [0.4, 0.5) is 4.39 Å². The minimum atomic E-state index is -0.540. The summed E-state index contributed by atoms with van der Waals surface area (Å²) in [6.07, 6.45) is 0.907. The Hall–Kier alpha value is -1.66. The average molecular weight is 343 g/mol. The molecule has 1 aliphatic heterocycles. The maximum Gasteiger partial charge on any atom is 0.252 e. The molecular formula is C16H20ClFN2O3. The van der Waals surface area contributed by atoms with E-state index in [1.165, 1.54) is 30.1 Å². The molecule has 5 nitrogen and oxygen atoms in total. The van der Waals surface area contributed by atoms with Gasteiger partial charge in [-0.1, -0.05) is 17.7 Å². The summed E-state index contributed by atoms with van der Waals surface area (Å²) in [4.78, 5) is 25.9. The maximum atomic E-state index is 13.2. The molecule has 1 saturated heterocycles. The molecule has 1 fully saturated rings. The third kappa shape index (κ3) is 4.20. The SMILES string of the molecule is CNC(=O)CN(C(=O)C1CCCO1)C(C)c1ccc(F)cc1Cl. The Balaban J connectivity index is 2.27. The van der Waals surface area contributed by atoms with Crippen LogP contribution in [0.3, 0.4) is 0 Å². The van der Waals surface area contributed by atoms with Gasteiger partial charge in [-0.15, -0.1) is 0 Å². The van der Waals surface area contributed by atoms with Crippen LogP contribution >= 0.6 is 11.6 Å². The number of rotatable bonds is 5. The van der Waals surface area contributed by atoms with Gasteiger partial charge < -0.3 is 15.0 Å². The zero-order chi connectivity index (χ0) is 17.0. The number of amides is 2. The standard InChI is InChI=1S/C16H20ClFN2O3/c1-10(12-6-5-11(18)8-13(12)17)20(9-15(21)19-2)16(22)14-4-3-7-23-14/h5-6,8,10,14H,3-4,7,9H2,1-2H3,(H,19,21). The summed E-state index contributed by atoms with van der Waals surface area (Å²) in [5, 5.41) is 2.73. The van der Waals surface area contributed by atoms with Crippen LogP contribution in [-0.4, -0.2) is 43.0 Å². The number of carbonyl (C=O) groups excluding carboxylic acids is 2. The number of halogens is 2. The number of likely N-dealkylation sites (N-methyl/N-ethyl adjacent to an activating group) is 1. The number of carbonyl (C=O) groups is 2. The number of hydrogen-bond donors (Lipinski definition) is 1. The van der Waals surface area contributed by atoms with Crippen molar-refractivity contribution in [3.05, 3.63) is 34.6 Å². The normalized spacial score (nSPS) is 18.5. The third-order valence-electron chi connectivity index (χ3n) is 3.96. The molecular weight excluding hydrogens is 323 g/mol. The molecule has 1 N–H and O–H groups in total. The second-order valence-electron chi connectivity index (χ2n) is 5.48. The number of nitrogens with one attached hydrogen (secondary N) is 1. The smallest absolute Gasteiger partial charge is 0.252 e. The summed E-state index contributed by atoms with van der Waals surface area (Å²) in [5.41, 5.74) is 0.586. The summed E-state index contributed by atoms with van der Waals surface area (Å²) < 4.78 is 18.7. The Morgan fingerprint density at radius 1 is 1.52 bits per heavy atom. The molecule has 1 heterocycles. The van der Waals surface area contributed by atoms with E-state index < -0.39 is 18.0 Å². The van der Waals surface area contributed by atoms with Gasteiger partial charge in [0.2, 0.25) is 5.91 Å². The van der Waals surface area contributed by atoms with Crippen molar-refractivity contribution in [2.24, 2.45) is 0 Å². The molecule has 7 heteroatoms. The van der Waals surface area contributed by atoms with E-state index in [9.17, 15) is 14.0 Å². The van der Waals surface area contributed by atoms with E-state index in [1.807, 2.05) is 0 Å². The van der Waals surface area contributed by atoms with Gasteiger partial charge in [0, 0.05) is 18.7 Å². The topological polar surface area (TPSA) is 58.6 Å². The van der Waals surface area contributed by atoms with E-state index in [2.05, 4.69) is 5.32 Å². The minimum absolute atomic E-state index is 0.107. The molecule has 2 atom stereocenters. The van der Waals surface area contributed by atoms with Crippen molar-refractivity contribution >= 4 is 23.4 Å². The number of hydrogen-bond acceptors (Lipinski definition) is 3. The van der Waals surface area contributed by atoms with E-state index in [1.54, 1.807) is 6.92 Å². The molecule has 0 aliphatic carbocycles. The predicted molar refractivity (Wildman–Crippen MR) is 84.6 cm³/mol. The summed E-state index contributed by atoms with van der Waals surface area (Å²) in [5.74, 6) is -0.991. The highest BCUT2D eigenvalue weighted by molar-refractivity contribution is 6.31. The lowest BCUT2D eigenvalue weighted by molar-refractivity contribution is -0.146. The fraction of sp³-hybridized carbons (Fsp3) is 0.500. The Bertz CT molecular complexity index is 591. The van der Waals surface area contributed by atoms with E-state index >= 15 is 0 Å². The van der Waals surface area contributed by atoms with Crippen LogP contribution in [0.5, 0.6) is 0 Å². The second kappa shape index (κ2) is 7.75. The zero-order valence-corrected chi connectivity index (χ0v) is 13.9. The van der Waals surface area contributed by atoms with Gasteiger partial charge in [0.15, 0.2) is 0 Å². The molecule has 1 aromatic rings. The molecule has 1 aliphatic rings. The van der Waals surface area contributed by atoms with Gasteiger partial charge in [-0.25, -0.2) is 4.39 Å². The van der Waals surface area contributed by atoms with Gasteiger partial charge in [0.1, 0.15) is 18.5 Å². The van der Waals surface area contributed by atoms with Crippen molar-refractivity contribution < 1.29 is 18.7 Å². The highest BCUT2D eigenvalue weighted by atomic mass is 35.5. The molecule has 0 saturated carbocycles. The Morgan fingerprint density at radius 3 is 2.83 bits per heavy atom. The largest absolute Gasteiger partial charge is 0.368 e. The molecule has 1 aromatic carbocycles. The lowest BCUT2D eigenvalue weighted by Gasteiger charge is -2.31. The Kier molecular flexibility index (Phi) is 5.96. The first-order chi connectivity index (χ1) is 10.9. The van der Waals surface area contributed by atoms with Crippen molar-refractivity contribution in [3.63, 3.8) is 0 Å². The quantitative estimate of drug-likeness (QED) is 0.893. The lowest BCUT2D eigenvalue weighted by atomic mass is 10.1. The van der Waals surface area contributed by atoms with Crippen LogP contribution in [0, 0.1) is 5.82 Å². The monoisotopic (exact) mass is 342 g/mol. The lowest BCUT2D eigenvalue weighted by Crippen LogP contribution is -2.45. The summed E-state index contributed by atoms with van der Waals surface area (Å²) in [6, 6.07) is 3.54. The van der Waals surface area contributed by atoms with Crippen LogP contribution in [0.1, 0.15) is 31.4 Å². The highest BCUT2D eigenvalue weighted by Gasteiger charge is 2.33. The van der Waals surface area contributed by atoms with Gasteiger partial charge in [-0.05, 0) is 37.5 Å². The first-order valence-corrected chi connectivity index (χ1v) is 7.89. The van der Waals surface area contributed by atoms with Crippen LogP contribution < -0.4 is 5.32 Å². The number of benzene rings is 1. The predicted octanol–water partition coefficient (Wildman–Crippen LogP) is 2.29.